The number of rotatable bonds is 15. The van der Waals surface area contributed by atoms with Crippen molar-refractivity contribution in [2.24, 2.45) is 11.8 Å². The van der Waals surface area contributed by atoms with E-state index in [9.17, 15) is 4.57 Å². The van der Waals surface area contributed by atoms with Crippen molar-refractivity contribution in [1.29, 1.82) is 0 Å². The van der Waals surface area contributed by atoms with E-state index in [4.69, 9.17) is 9.05 Å². The van der Waals surface area contributed by atoms with Crippen LogP contribution < -0.4 is 4.52 Å². The minimum absolute atomic E-state index is 0.506. The lowest BCUT2D eigenvalue weighted by Gasteiger charge is -2.19. The molecular formula is C22H39O3P. The number of hydrogen-bond donors (Lipinski definition) is 0. The Hall–Kier alpha value is -0.790. The predicted octanol–water partition coefficient (Wildman–Crippen LogP) is 7.71. The second-order valence-corrected chi connectivity index (χ2v) is 10.2. The highest BCUT2D eigenvalue weighted by Crippen LogP contribution is 2.49. The maximum atomic E-state index is 13.2. The van der Waals surface area contributed by atoms with Crippen LogP contribution in [0.15, 0.2) is 30.3 Å². The molecule has 1 rings (SSSR count). The molecule has 1 atom stereocenters. The van der Waals surface area contributed by atoms with Crippen LogP contribution in [-0.4, -0.2) is 12.8 Å². The minimum Gasteiger partial charge on any atom is -0.424 e. The molecule has 1 aromatic rings. The van der Waals surface area contributed by atoms with Crippen LogP contribution in [0.4, 0.5) is 0 Å². The summed E-state index contributed by atoms with van der Waals surface area (Å²) in [5.74, 6) is 2.11. The quantitative estimate of drug-likeness (QED) is 0.230. The highest BCUT2D eigenvalue weighted by molar-refractivity contribution is 7.54. The molecule has 0 radical (unpaired) electrons. The fourth-order valence-electron chi connectivity index (χ4n) is 2.85. The van der Waals surface area contributed by atoms with E-state index in [1.54, 1.807) is 0 Å². The van der Waals surface area contributed by atoms with Crippen LogP contribution in [0.25, 0.3) is 0 Å². The zero-order valence-corrected chi connectivity index (χ0v) is 18.2. The third-order valence-electron chi connectivity index (χ3n) is 4.41. The lowest BCUT2D eigenvalue weighted by Crippen LogP contribution is -2.04. The first-order chi connectivity index (χ1) is 12.4. The smallest absolute Gasteiger partial charge is 0.379 e. The Kier molecular flexibility index (Phi) is 12.0. The summed E-state index contributed by atoms with van der Waals surface area (Å²) < 4.78 is 24.8. The Morgan fingerprint density at radius 1 is 0.808 bits per heavy atom. The van der Waals surface area contributed by atoms with Gasteiger partial charge in [-0.05, 0) is 36.8 Å². The van der Waals surface area contributed by atoms with Crippen LogP contribution >= 0.6 is 7.60 Å². The molecule has 1 unspecified atom stereocenters. The van der Waals surface area contributed by atoms with Gasteiger partial charge in [0.15, 0.2) is 0 Å². The van der Waals surface area contributed by atoms with Gasteiger partial charge >= 0.3 is 7.60 Å². The summed E-state index contributed by atoms with van der Waals surface area (Å²) in [7, 11) is -3.07. The third kappa shape index (κ3) is 11.8. The standard InChI is InChI=1S/C22H39O3P/c1-20(2)14-8-6-12-18-24-26(23,19-13-7-9-15-21(3)4)25-22-16-10-5-11-17-22/h5,10-11,16-17,20-21H,6-9,12-15,18-19H2,1-4H3. The van der Waals surface area contributed by atoms with E-state index in [0.29, 0.717) is 18.5 Å². The summed E-state index contributed by atoms with van der Waals surface area (Å²) in [5.41, 5.74) is 0. The second kappa shape index (κ2) is 13.4. The Morgan fingerprint density at radius 2 is 1.38 bits per heavy atom. The topological polar surface area (TPSA) is 35.5 Å². The largest absolute Gasteiger partial charge is 0.424 e. The van der Waals surface area contributed by atoms with Crippen molar-refractivity contribution in [2.75, 3.05) is 12.8 Å². The van der Waals surface area contributed by atoms with Gasteiger partial charge in [0, 0.05) is 0 Å². The summed E-state index contributed by atoms with van der Waals surface area (Å²) in [4.78, 5) is 0. The molecule has 3 nitrogen and oxygen atoms in total. The van der Waals surface area contributed by atoms with Gasteiger partial charge < -0.3 is 4.52 Å². The molecule has 0 spiro atoms. The van der Waals surface area contributed by atoms with E-state index in [0.717, 1.165) is 37.5 Å². The van der Waals surface area contributed by atoms with Crippen molar-refractivity contribution in [2.45, 2.75) is 79.1 Å². The highest BCUT2D eigenvalue weighted by atomic mass is 31.2. The van der Waals surface area contributed by atoms with Crippen LogP contribution in [0.2, 0.25) is 0 Å². The van der Waals surface area contributed by atoms with Crippen molar-refractivity contribution in [3.63, 3.8) is 0 Å². The Balaban J connectivity index is 2.43. The summed E-state index contributed by atoms with van der Waals surface area (Å²) in [5, 5.41) is 0. The van der Waals surface area contributed by atoms with E-state index in [1.807, 2.05) is 30.3 Å². The molecule has 26 heavy (non-hydrogen) atoms. The SMILES string of the molecule is CC(C)CCCCCOP(=O)(CCCCCC(C)C)Oc1ccccc1. The van der Waals surface area contributed by atoms with Crippen molar-refractivity contribution in [1.82, 2.24) is 0 Å². The monoisotopic (exact) mass is 382 g/mol. The molecular weight excluding hydrogens is 343 g/mol. The van der Waals surface area contributed by atoms with E-state index in [2.05, 4.69) is 27.7 Å². The lowest BCUT2D eigenvalue weighted by molar-refractivity contribution is 0.256. The lowest BCUT2D eigenvalue weighted by atomic mass is 10.1. The van der Waals surface area contributed by atoms with Gasteiger partial charge in [-0.25, -0.2) is 4.57 Å². The molecule has 0 N–H and O–H groups in total. The second-order valence-electron chi connectivity index (χ2n) is 8.06. The molecule has 0 saturated carbocycles. The van der Waals surface area contributed by atoms with Gasteiger partial charge in [0.05, 0.1) is 12.8 Å². The molecule has 0 aliphatic heterocycles. The van der Waals surface area contributed by atoms with Gasteiger partial charge in [0.2, 0.25) is 0 Å². The van der Waals surface area contributed by atoms with Gasteiger partial charge in [0.1, 0.15) is 5.75 Å². The highest BCUT2D eigenvalue weighted by Gasteiger charge is 2.25. The molecule has 0 aliphatic carbocycles. The first-order valence-electron chi connectivity index (χ1n) is 10.4. The fraction of sp³-hybridized carbons (Fsp3) is 0.727. The van der Waals surface area contributed by atoms with Gasteiger partial charge in [0.25, 0.3) is 0 Å². The Bertz CT molecular complexity index is 499. The fourth-order valence-corrected chi connectivity index (χ4v) is 4.58. The van der Waals surface area contributed by atoms with Gasteiger partial charge in [-0.15, -0.1) is 0 Å². The Morgan fingerprint density at radius 3 is 1.96 bits per heavy atom. The summed E-state index contributed by atoms with van der Waals surface area (Å²) in [6.07, 6.45) is 9.40. The van der Waals surface area contributed by atoms with Crippen molar-refractivity contribution < 1.29 is 13.6 Å². The first-order valence-corrected chi connectivity index (χ1v) is 12.1. The Labute approximate surface area is 161 Å². The van der Waals surface area contributed by atoms with Gasteiger partial charge in [-0.2, -0.15) is 0 Å². The van der Waals surface area contributed by atoms with E-state index >= 15 is 0 Å². The summed E-state index contributed by atoms with van der Waals surface area (Å²) in [6, 6.07) is 9.41. The number of unbranched alkanes of at least 4 members (excludes halogenated alkanes) is 4. The molecule has 0 bridgehead atoms. The maximum absolute atomic E-state index is 13.2. The average molecular weight is 383 g/mol. The minimum atomic E-state index is -3.07. The van der Waals surface area contributed by atoms with E-state index in [-0.39, 0.29) is 0 Å². The first kappa shape index (κ1) is 23.2. The molecule has 0 amide bonds. The molecule has 1 aromatic carbocycles. The van der Waals surface area contributed by atoms with Crippen LogP contribution in [0.1, 0.15) is 79.1 Å². The van der Waals surface area contributed by atoms with E-state index in [1.165, 1.54) is 25.7 Å². The third-order valence-corrected chi connectivity index (χ3v) is 6.34. The molecule has 0 saturated heterocycles. The molecule has 0 aliphatic rings. The van der Waals surface area contributed by atoms with Crippen molar-refractivity contribution in [3.05, 3.63) is 30.3 Å². The van der Waals surface area contributed by atoms with E-state index < -0.39 is 7.60 Å². The summed E-state index contributed by atoms with van der Waals surface area (Å²) in [6.45, 7) is 9.50. The summed E-state index contributed by atoms with van der Waals surface area (Å²) >= 11 is 0. The van der Waals surface area contributed by atoms with Gasteiger partial charge in [-0.3, -0.25) is 4.52 Å². The normalized spacial score (nSPS) is 13.9. The molecule has 150 valence electrons. The van der Waals surface area contributed by atoms with Crippen LogP contribution in [-0.2, 0) is 9.09 Å². The van der Waals surface area contributed by atoms with Crippen LogP contribution in [0.5, 0.6) is 5.75 Å². The van der Waals surface area contributed by atoms with Crippen LogP contribution in [0, 0.1) is 11.8 Å². The van der Waals surface area contributed by atoms with Gasteiger partial charge in [-0.1, -0.05) is 84.4 Å². The molecule has 0 heterocycles. The average Bonchev–Trinajstić information content (AvgIpc) is 2.58. The predicted molar refractivity (Wildman–Crippen MR) is 112 cm³/mol. The van der Waals surface area contributed by atoms with Crippen molar-refractivity contribution >= 4 is 7.60 Å². The maximum Gasteiger partial charge on any atom is 0.379 e. The number of benzene rings is 1. The zero-order chi connectivity index (χ0) is 19.3. The molecule has 4 heteroatoms. The number of para-hydroxylation sites is 1. The number of hydrogen-bond acceptors (Lipinski definition) is 3. The zero-order valence-electron chi connectivity index (χ0n) is 17.3. The van der Waals surface area contributed by atoms with Crippen molar-refractivity contribution in [3.8, 4) is 5.75 Å². The molecule has 0 fully saturated rings. The molecule has 0 aromatic heterocycles. The van der Waals surface area contributed by atoms with Crippen LogP contribution in [0.3, 0.4) is 0 Å².